The number of hydrogen-bond acceptors (Lipinski definition) is 2. The average molecular weight is 1020 g/mol. The summed E-state index contributed by atoms with van der Waals surface area (Å²) in [5, 5.41) is 10.8. The molecule has 0 aliphatic rings. The van der Waals surface area contributed by atoms with E-state index in [0.29, 0.717) is 0 Å². The molecule has 0 spiro atoms. The van der Waals surface area contributed by atoms with Gasteiger partial charge in [-0.05, 0) is 67.6 Å². The van der Waals surface area contributed by atoms with Crippen molar-refractivity contribution in [2.75, 3.05) is 0 Å². The molecule has 8 aromatic carbocycles. The van der Waals surface area contributed by atoms with Crippen molar-refractivity contribution in [3.05, 3.63) is 242 Å². The Morgan fingerprint density at radius 1 is 0.390 bits per heavy atom. The Kier molecular flexibility index (Phi) is 17.6. The molecular formula is C52H43Cl2IrN2P2. The van der Waals surface area contributed by atoms with Crippen molar-refractivity contribution in [3.8, 4) is 11.4 Å². The third kappa shape index (κ3) is 13.1. The van der Waals surface area contributed by atoms with Crippen LogP contribution in [0.4, 0.5) is 0 Å². The van der Waals surface area contributed by atoms with Crippen molar-refractivity contribution in [2.24, 2.45) is 0 Å². The van der Waals surface area contributed by atoms with Crippen molar-refractivity contribution >= 4 is 77.6 Å². The fourth-order valence-corrected chi connectivity index (χ4v) is 11.1. The number of aryl methyl sites for hydroxylation is 2. The van der Waals surface area contributed by atoms with Crippen LogP contribution in [0.25, 0.3) is 22.2 Å². The van der Waals surface area contributed by atoms with E-state index in [2.05, 4.69) is 216 Å². The molecule has 0 saturated carbocycles. The van der Waals surface area contributed by atoms with Crippen LogP contribution in [0.2, 0.25) is 0 Å². The Labute approximate surface area is 367 Å². The van der Waals surface area contributed by atoms with Crippen LogP contribution in [0.3, 0.4) is 0 Å². The first-order valence-electron chi connectivity index (χ1n) is 19.0. The molecule has 7 heteroatoms. The second kappa shape index (κ2) is 23.7. The molecule has 9 aromatic rings. The van der Waals surface area contributed by atoms with E-state index in [0.717, 1.165) is 22.8 Å². The average Bonchev–Trinajstić information content (AvgIpc) is 3.29. The van der Waals surface area contributed by atoms with Crippen LogP contribution < -0.4 is 31.8 Å². The van der Waals surface area contributed by atoms with E-state index in [4.69, 9.17) is 19.2 Å². The first kappa shape index (κ1) is 43.8. The number of halogens is 2. The molecule has 0 saturated heterocycles. The molecule has 0 radical (unpaired) electrons. The summed E-state index contributed by atoms with van der Waals surface area (Å²) in [6.07, 6.45) is 0. The number of rotatable bonds is 7. The second-order valence-electron chi connectivity index (χ2n) is 13.2. The third-order valence-corrected chi connectivity index (χ3v) is 13.9. The zero-order valence-corrected chi connectivity index (χ0v) is 38.4. The Morgan fingerprint density at radius 3 is 0.966 bits per heavy atom. The Bertz CT molecular complexity index is 2240. The van der Waals surface area contributed by atoms with E-state index in [9.17, 15) is 0 Å². The maximum absolute atomic E-state index is 4.89. The van der Waals surface area contributed by atoms with Gasteiger partial charge in [0.2, 0.25) is 0 Å². The molecule has 0 atom stereocenters. The Balaban J connectivity index is 0.000000144. The molecule has 0 N–H and O–H groups in total. The normalized spacial score (nSPS) is 10.5. The quantitative estimate of drug-likeness (QED) is 0.117. The number of nitrogens with zero attached hydrogens (tertiary/aromatic N) is 2. The monoisotopic (exact) mass is 1020 g/mol. The molecule has 1 aromatic heterocycles. The van der Waals surface area contributed by atoms with Gasteiger partial charge in [0.1, 0.15) is 0 Å². The minimum Gasteiger partial charge on any atom is -0.0622 e. The molecule has 9 rings (SSSR count). The molecule has 0 unspecified atom stereocenters. The molecule has 0 aliphatic heterocycles. The van der Waals surface area contributed by atoms with E-state index in [1.54, 1.807) is 0 Å². The summed E-state index contributed by atoms with van der Waals surface area (Å²) in [6.45, 7) is 3.97. The van der Waals surface area contributed by atoms with Crippen LogP contribution >= 0.6 is 35.0 Å². The topological polar surface area (TPSA) is 25.8 Å². The molecule has 1 heterocycles. The Morgan fingerprint density at radius 2 is 0.661 bits per heavy atom. The second-order valence-corrected chi connectivity index (χ2v) is 21.1. The molecule has 0 fully saturated rings. The maximum Gasteiger partial charge on any atom is -0.0134 e. The van der Waals surface area contributed by atoms with Crippen LogP contribution in [0.5, 0.6) is 0 Å². The molecule has 2 nitrogen and oxygen atoms in total. The van der Waals surface area contributed by atoms with Gasteiger partial charge in [0.15, 0.2) is 0 Å². The van der Waals surface area contributed by atoms with Gasteiger partial charge in [-0.1, -0.05) is 212 Å². The standard InChI is InChI=1S/2C18H15P.C16H13N2.2ClH.Ir/c2*1-4-10-16(11-5-1)19(17-12-6-2-7-13-17)18-14-8-3-9-15-18;1-11-9-12(2)18-16(17-11)15-8-7-13-5-3-4-6-14(13)10-15;;;/h2*1-15H;3-7,9-10H,1-2H3;2*1H;/q;;-1;;;+3/p-2. The van der Waals surface area contributed by atoms with Gasteiger partial charge in [-0.2, -0.15) is 0 Å². The van der Waals surface area contributed by atoms with E-state index in [1.165, 1.54) is 42.6 Å². The van der Waals surface area contributed by atoms with E-state index in [-0.39, 0.29) is 0 Å². The smallest absolute Gasteiger partial charge is 0.0134 e. The van der Waals surface area contributed by atoms with Gasteiger partial charge in [-0.25, -0.2) is 0 Å². The van der Waals surface area contributed by atoms with Crippen molar-refractivity contribution in [2.45, 2.75) is 13.8 Å². The zero-order valence-electron chi connectivity index (χ0n) is 32.7. The molecule has 0 aliphatic carbocycles. The minimum absolute atomic E-state index is 0.446. The largest absolute Gasteiger partial charge is 0.0622 e. The van der Waals surface area contributed by atoms with Crippen LogP contribution in [0, 0.1) is 19.9 Å². The van der Waals surface area contributed by atoms with Crippen LogP contribution in [-0.2, 0) is 15.7 Å². The van der Waals surface area contributed by atoms with Gasteiger partial charge in [0, 0.05) is 11.4 Å². The van der Waals surface area contributed by atoms with Gasteiger partial charge in [-0.15, -0.1) is 29.1 Å². The van der Waals surface area contributed by atoms with Gasteiger partial charge in [-0.3, -0.25) is 9.97 Å². The van der Waals surface area contributed by atoms with Crippen LogP contribution in [-0.4, -0.2) is 9.97 Å². The molecule has 59 heavy (non-hydrogen) atoms. The molecule has 0 bridgehead atoms. The number of aromatic nitrogens is 2. The number of benzene rings is 8. The number of fused-ring (bicyclic) bond motifs is 1. The van der Waals surface area contributed by atoms with Crippen molar-refractivity contribution < 1.29 is 15.7 Å². The molecular weight excluding hydrogens is 978 g/mol. The maximum atomic E-state index is 4.89. The van der Waals surface area contributed by atoms with Crippen molar-refractivity contribution in [3.63, 3.8) is 0 Å². The SMILES string of the molecule is Cc1cc(C)nc(-c2[c-]cc3ccccc3c2)n1.[Cl][Ir+][Cl].c1ccc(P(c2ccccc2)c2ccccc2)cc1.c1ccc(P(c2ccccc2)c2ccccc2)cc1. The third-order valence-electron chi connectivity index (χ3n) is 8.99. The first-order valence-corrected chi connectivity index (χ1v) is 27.6. The van der Waals surface area contributed by atoms with Crippen molar-refractivity contribution in [1.29, 1.82) is 0 Å². The summed E-state index contributed by atoms with van der Waals surface area (Å²) < 4.78 is 0. The van der Waals surface area contributed by atoms with Gasteiger partial charge < -0.3 is 0 Å². The van der Waals surface area contributed by atoms with E-state index < -0.39 is 31.5 Å². The van der Waals surface area contributed by atoms with Crippen molar-refractivity contribution in [1.82, 2.24) is 9.97 Å². The summed E-state index contributed by atoms with van der Waals surface area (Å²) in [4.78, 5) is 8.94. The van der Waals surface area contributed by atoms with Crippen LogP contribution in [0.15, 0.2) is 224 Å². The summed E-state index contributed by atoms with van der Waals surface area (Å²) in [7, 11) is 8.89. The van der Waals surface area contributed by atoms with Gasteiger partial charge in [0.05, 0.1) is 5.82 Å². The summed E-state index contributed by atoms with van der Waals surface area (Å²) in [5.41, 5.74) is 2.92. The van der Waals surface area contributed by atoms with Gasteiger partial charge >= 0.3 is 34.8 Å². The number of hydrogen-bond donors (Lipinski definition) is 0. The summed E-state index contributed by atoms with van der Waals surface area (Å²) in [6, 6.07) is 82.2. The Hall–Kier alpha value is -4.81. The molecule has 0 amide bonds. The summed E-state index contributed by atoms with van der Waals surface area (Å²) >= 11 is -0.556. The molecule has 294 valence electrons. The predicted molar refractivity (Wildman–Crippen MR) is 255 cm³/mol. The van der Waals surface area contributed by atoms with E-state index in [1.807, 2.05) is 38.1 Å². The van der Waals surface area contributed by atoms with Crippen LogP contribution in [0.1, 0.15) is 11.4 Å². The van der Waals surface area contributed by atoms with E-state index >= 15 is 0 Å². The zero-order chi connectivity index (χ0) is 41.1. The fourth-order valence-electron chi connectivity index (χ4n) is 6.46. The fraction of sp³-hybridized carbons (Fsp3) is 0.0385. The predicted octanol–water partition coefficient (Wildman–Crippen LogP) is 12.0. The summed E-state index contributed by atoms with van der Waals surface area (Å²) in [5.74, 6) is 0.748. The van der Waals surface area contributed by atoms with Gasteiger partial charge in [0.25, 0.3) is 0 Å². The minimum atomic E-state index is -0.556. The first-order chi connectivity index (χ1) is 29.0.